The average molecular weight is 417 g/mol. The van der Waals surface area contributed by atoms with E-state index in [2.05, 4.69) is 13.2 Å². The highest BCUT2D eigenvalue weighted by molar-refractivity contribution is 6.41. The summed E-state index contributed by atoms with van der Waals surface area (Å²) in [4.78, 5) is 19.2. The zero-order chi connectivity index (χ0) is 20.1. The van der Waals surface area contributed by atoms with E-state index in [-0.39, 0.29) is 24.4 Å². The molecule has 0 aliphatic carbocycles. The summed E-state index contributed by atoms with van der Waals surface area (Å²) in [5.41, 5.74) is 0.352. The SMILES string of the molecule is C=C(C)C(=O)O.C=C(C)C(=O)O.OCCO[SiH2]O[SiH2]O[SiH2]OCCO. The molecule has 0 bridgehead atoms. The Morgan fingerprint density at radius 3 is 1.28 bits per heavy atom. The molecule has 25 heavy (non-hydrogen) atoms. The Balaban J connectivity index is -0.000000336. The van der Waals surface area contributed by atoms with Crippen LogP contribution in [0.5, 0.6) is 0 Å². The van der Waals surface area contributed by atoms with Crippen molar-refractivity contribution in [3.8, 4) is 0 Å². The predicted molar refractivity (Wildman–Crippen MR) is 98.8 cm³/mol. The first-order valence-corrected chi connectivity index (χ1v) is 10.5. The quantitative estimate of drug-likeness (QED) is 0.150. The van der Waals surface area contributed by atoms with Crippen molar-refractivity contribution in [1.29, 1.82) is 0 Å². The van der Waals surface area contributed by atoms with E-state index in [0.717, 1.165) is 0 Å². The van der Waals surface area contributed by atoms with Gasteiger partial charge in [0.2, 0.25) is 0 Å². The standard InChI is InChI=1S/C4H16O6Si3.2C4H6O2/c5-1-3-7-11-9-13-10-12-8-4-2-6;2*1-3(2)4(5)6/h5-6H,1-4,11-13H2;2*1H2,2H3,(H,5,6). The smallest absolute Gasteiger partial charge is 0.330 e. The minimum absolute atomic E-state index is 0.0349. The third kappa shape index (κ3) is 35.0. The van der Waals surface area contributed by atoms with Gasteiger partial charge in [-0.3, -0.25) is 0 Å². The molecular formula is C12H28O10Si3. The number of aliphatic hydroxyl groups excluding tert-OH is 2. The molecule has 0 radical (unpaired) electrons. The highest BCUT2D eigenvalue weighted by Gasteiger charge is 1.92. The molecular weight excluding hydrogens is 388 g/mol. The Labute approximate surface area is 154 Å². The second kappa shape index (κ2) is 22.8. The van der Waals surface area contributed by atoms with Crippen LogP contribution in [-0.2, 0) is 26.7 Å². The molecule has 0 aromatic heterocycles. The van der Waals surface area contributed by atoms with Gasteiger partial charge in [-0.1, -0.05) is 13.2 Å². The molecule has 0 aromatic carbocycles. The van der Waals surface area contributed by atoms with Crippen LogP contribution < -0.4 is 0 Å². The topological polar surface area (TPSA) is 152 Å². The average Bonchev–Trinajstić information content (AvgIpc) is 2.54. The van der Waals surface area contributed by atoms with Crippen molar-refractivity contribution in [2.45, 2.75) is 13.8 Å². The lowest BCUT2D eigenvalue weighted by Crippen LogP contribution is -2.17. The monoisotopic (exact) mass is 416 g/mol. The van der Waals surface area contributed by atoms with Gasteiger partial charge in [-0.05, 0) is 13.8 Å². The van der Waals surface area contributed by atoms with Gasteiger partial charge in [0.15, 0.2) is 0 Å². The third-order valence-electron chi connectivity index (χ3n) is 1.70. The van der Waals surface area contributed by atoms with Crippen LogP contribution in [0.25, 0.3) is 0 Å². The first-order valence-electron chi connectivity index (χ1n) is 7.00. The maximum absolute atomic E-state index is 9.60. The Bertz CT molecular complexity index is 320. The van der Waals surface area contributed by atoms with E-state index in [1.807, 2.05) is 0 Å². The molecule has 10 nitrogen and oxygen atoms in total. The molecule has 0 heterocycles. The van der Waals surface area contributed by atoms with E-state index in [9.17, 15) is 9.59 Å². The molecule has 4 N–H and O–H groups in total. The van der Waals surface area contributed by atoms with Crippen LogP contribution in [0.3, 0.4) is 0 Å². The largest absolute Gasteiger partial charge is 0.478 e. The number of hydrogen-bond acceptors (Lipinski definition) is 8. The minimum Gasteiger partial charge on any atom is -0.478 e. The summed E-state index contributed by atoms with van der Waals surface area (Å²) in [5.74, 6) is -1.87. The zero-order valence-corrected chi connectivity index (χ0v) is 18.8. The lowest BCUT2D eigenvalue weighted by molar-refractivity contribution is -0.133. The lowest BCUT2D eigenvalue weighted by atomic mass is 10.4. The van der Waals surface area contributed by atoms with E-state index < -0.39 is 42.0 Å². The third-order valence-corrected chi connectivity index (χ3v) is 5.28. The summed E-state index contributed by atoms with van der Waals surface area (Å²) >= 11 is 0. The molecule has 148 valence electrons. The molecule has 0 saturated heterocycles. The van der Waals surface area contributed by atoms with Gasteiger partial charge in [0, 0.05) is 11.1 Å². The van der Waals surface area contributed by atoms with Crippen molar-refractivity contribution in [2.24, 2.45) is 0 Å². The van der Waals surface area contributed by atoms with Gasteiger partial charge >= 0.3 is 11.9 Å². The number of rotatable bonds is 12. The van der Waals surface area contributed by atoms with E-state index in [0.29, 0.717) is 13.2 Å². The number of aliphatic carboxylic acids is 2. The van der Waals surface area contributed by atoms with Crippen LogP contribution in [-0.4, -0.2) is 88.8 Å². The summed E-state index contributed by atoms with van der Waals surface area (Å²) in [7, 11) is -2.82. The summed E-state index contributed by atoms with van der Waals surface area (Å²) in [6, 6.07) is 0. The first kappa shape index (κ1) is 28.6. The van der Waals surface area contributed by atoms with Crippen LogP contribution in [0.2, 0.25) is 0 Å². The van der Waals surface area contributed by atoms with Crippen molar-refractivity contribution < 1.29 is 47.1 Å². The maximum atomic E-state index is 9.60. The van der Waals surface area contributed by atoms with Gasteiger partial charge in [0.05, 0.1) is 26.4 Å². The van der Waals surface area contributed by atoms with Gasteiger partial charge in [-0.25, -0.2) is 9.59 Å². The second-order valence-corrected chi connectivity index (χ2v) is 8.99. The van der Waals surface area contributed by atoms with Crippen molar-refractivity contribution >= 4 is 42.0 Å². The van der Waals surface area contributed by atoms with Gasteiger partial charge in [-0.15, -0.1) is 0 Å². The van der Waals surface area contributed by atoms with E-state index >= 15 is 0 Å². The highest BCUT2D eigenvalue weighted by Crippen LogP contribution is 1.81. The van der Waals surface area contributed by atoms with Gasteiger partial charge in [0.1, 0.15) is 0 Å². The highest BCUT2D eigenvalue weighted by atomic mass is 28.4. The molecule has 0 amide bonds. The summed E-state index contributed by atoms with van der Waals surface area (Å²) in [5, 5.41) is 32.5. The fourth-order valence-corrected chi connectivity index (χ4v) is 4.00. The lowest BCUT2D eigenvalue weighted by Gasteiger charge is -2.05. The van der Waals surface area contributed by atoms with E-state index in [4.69, 9.17) is 37.5 Å². The first-order chi connectivity index (χ1) is 11.7. The van der Waals surface area contributed by atoms with E-state index in [1.54, 1.807) is 0 Å². The minimum atomic E-state index is -0.945. The normalized spacial score (nSPS) is 10.6. The predicted octanol–water partition coefficient (Wildman–Crippen LogP) is -2.67. The number of carboxylic acid groups (broad SMARTS) is 2. The van der Waals surface area contributed by atoms with Crippen molar-refractivity contribution in [3.63, 3.8) is 0 Å². The molecule has 13 heteroatoms. The molecule has 0 aliphatic rings. The van der Waals surface area contributed by atoms with Gasteiger partial charge in [0.25, 0.3) is 30.0 Å². The van der Waals surface area contributed by atoms with Gasteiger partial charge < -0.3 is 37.5 Å². The van der Waals surface area contributed by atoms with Crippen molar-refractivity contribution in [2.75, 3.05) is 26.4 Å². The maximum Gasteiger partial charge on any atom is 0.330 e. The molecule has 0 spiro atoms. The fourth-order valence-electron chi connectivity index (χ4n) is 0.492. The van der Waals surface area contributed by atoms with Crippen molar-refractivity contribution in [1.82, 2.24) is 0 Å². The Kier molecular flexibility index (Phi) is 26.1. The number of carboxylic acids is 2. The van der Waals surface area contributed by atoms with Crippen LogP contribution >= 0.6 is 0 Å². The molecule has 0 aliphatic heterocycles. The molecule has 0 atom stereocenters. The second-order valence-electron chi connectivity index (χ2n) is 4.20. The molecule has 0 fully saturated rings. The van der Waals surface area contributed by atoms with Gasteiger partial charge in [-0.2, -0.15) is 0 Å². The van der Waals surface area contributed by atoms with Crippen LogP contribution in [0.4, 0.5) is 0 Å². The van der Waals surface area contributed by atoms with Crippen LogP contribution in [0, 0.1) is 0 Å². The summed E-state index contributed by atoms with van der Waals surface area (Å²) in [6.45, 7) is 9.97. The Morgan fingerprint density at radius 2 is 1.08 bits per heavy atom. The fraction of sp³-hybridized carbons (Fsp3) is 0.500. The summed E-state index contributed by atoms with van der Waals surface area (Å²) < 4.78 is 20.2. The zero-order valence-electron chi connectivity index (χ0n) is 14.6. The Hall–Kier alpha value is -1.17. The molecule has 0 saturated carbocycles. The molecule has 0 aromatic rings. The number of aliphatic hydroxyl groups is 2. The molecule has 0 unspecified atom stereocenters. The summed E-state index contributed by atoms with van der Waals surface area (Å²) in [6.07, 6.45) is 0. The number of hydrogen-bond donors (Lipinski definition) is 4. The van der Waals surface area contributed by atoms with Crippen LogP contribution in [0.1, 0.15) is 13.8 Å². The van der Waals surface area contributed by atoms with E-state index in [1.165, 1.54) is 13.8 Å². The number of carbonyl (C=O) groups is 2. The molecule has 0 rings (SSSR count). The van der Waals surface area contributed by atoms with Crippen molar-refractivity contribution in [3.05, 3.63) is 24.3 Å². The van der Waals surface area contributed by atoms with Crippen LogP contribution in [0.15, 0.2) is 24.3 Å². The Morgan fingerprint density at radius 1 is 0.800 bits per heavy atom.